The quantitative estimate of drug-likeness (QED) is 0.478. The average Bonchev–Trinajstić information content (AvgIpc) is 2.67. The molecule has 0 atom stereocenters. The van der Waals surface area contributed by atoms with E-state index in [-0.39, 0.29) is 29.2 Å². The lowest BCUT2D eigenvalue weighted by atomic mass is 9.97. The van der Waals surface area contributed by atoms with E-state index in [0.717, 1.165) is 5.69 Å². The van der Waals surface area contributed by atoms with Crippen molar-refractivity contribution in [2.24, 2.45) is 5.92 Å². The number of nitrogens with one attached hydrogen (secondary N) is 1. The summed E-state index contributed by atoms with van der Waals surface area (Å²) >= 11 is 0. The molecule has 3 rings (SSSR count). The Hall–Kier alpha value is -3.30. The summed E-state index contributed by atoms with van der Waals surface area (Å²) in [6.07, 6.45) is 2.39. The van der Waals surface area contributed by atoms with Crippen LogP contribution >= 0.6 is 0 Å². The number of aryl methyl sites for hydroxylation is 1. The normalized spacial score (nSPS) is 14.7. The Morgan fingerprint density at radius 1 is 1.33 bits per heavy atom. The third-order valence-electron chi connectivity index (χ3n) is 4.45. The summed E-state index contributed by atoms with van der Waals surface area (Å²) < 4.78 is 4.78. The third-order valence-corrected chi connectivity index (χ3v) is 4.45. The smallest absolute Gasteiger partial charge is 0.353 e. The second-order valence-corrected chi connectivity index (χ2v) is 6.23. The molecule has 0 amide bonds. The van der Waals surface area contributed by atoms with Gasteiger partial charge in [-0.3, -0.25) is 14.9 Å². The van der Waals surface area contributed by atoms with Gasteiger partial charge in [0, 0.05) is 18.8 Å². The molecule has 3 heterocycles. The number of nitrogens with zero attached hydrogens (tertiary/aromatic N) is 5. The van der Waals surface area contributed by atoms with Crippen LogP contribution in [-0.4, -0.2) is 46.0 Å². The first kappa shape index (κ1) is 18.5. The second kappa shape index (κ2) is 7.94. The van der Waals surface area contributed by atoms with Gasteiger partial charge in [0.2, 0.25) is 11.6 Å². The van der Waals surface area contributed by atoms with E-state index in [1.807, 2.05) is 13.0 Å². The lowest BCUT2D eigenvalue weighted by Gasteiger charge is -2.31. The minimum atomic E-state index is -0.500. The first-order valence-electron chi connectivity index (χ1n) is 8.52. The number of ether oxygens (including phenoxy) is 1. The molecule has 0 spiro atoms. The van der Waals surface area contributed by atoms with Gasteiger partial charge >= 0.3 is 11.7 Å². The van der Waals surface area contributed by atoms with Crippen molar-refractivity contribution in [3.05, 3.63) is 40.3 Å². The van der Waals surface area contributed by atoms with Gasteiger partial charge in [0.05, 0.1) is 18.0 Å². The molecule has 10 nitrogen and oxygen atoms in total. The highest BCUT2D eigenvalue weighted by atomic mass is 16.6. The highest BCUT2D eigenvalue weighted by Crippen LogP contribution is 2.35. The van der Waals surface area contributed by atoms with Crippen LogP contribution in [0.3, 0.4) is 0 Å². The lowest BCUT2D eigenvalue weighted by Crippen LogP contribution is -2.37. The number of piperidine rings is 1. The maximum absolute atomic E-state index is 11.7. The number of nitro groups is 1. The van der Waals surface area contributed by atoms with Crippen molar-refractivity contribution in [3.8, 4) is 0 Å². The van der Waals surface area contributed by atoms with Crippen molar-refractivity contribution in [2.45, 2.75) is 19.8 Å². The Labute approximate surface area is 155 Å². The summed E-state index contributed by atoms with van der Waals surface area (Å²) in [5.41, 5.74) is 0.569. The van der Waals surface area contributed by atoms with Crippen LogP contribution < -0.4 is 10.2 Å². The Balaban J connectivity index is 1.86. The van der Waals surface area contributed by atoms with Gasteiger partial charge in [0.25, 0.3) is 0 Å². The fraction of sp³-hybridized carbons (Fsp3) is 0.412. The zero-order valence-corrected chi connectivity index (χ0v) is 15.1. The summed E-state index contributed by atoms with van der Waals surface area (Å²) in [6.45, 7) is 2.77. The summed E-state index contributed by atoms with van der Waals surface area (Å²) in [4.78, 5) is 37.2. The molecule has 1 aliphatic heterocycles. The van der Waals surface area contributed by atoms with Crippen molar-refractivity contribution in [3.63, 3.8) is 0 Å². The number of carbonyl (C=O) groups is 1. The van der Waals surface area contributed by atoms with E-state index in [1.165, 1.54) is 13.4 Å². The second-order valence-electron chi connectivity index (χ2n) is 6.23. The Bertz CT molecular complexity index is 851. The van der Waals surface area contributed by atoms with Crippen LogP contribution in [0.1, 0.15) is 18.5 Å². The van der Waals surface area contributed by atoms with Gasteiger partial charge in [0.15, 0.2) is 0 Å². The number of hydrogen-bond acceptors (Lipinski definition) is 9. The molecular weight excluding hydrogens is 352 g/mol. The number of pyridine rings is 1. The predicted octanol–water partition coefficient (Wildman–Crippen LogP) is 2.22. The number of aromatic nitrogens is 3. The molecular formula is C17H20N6O4. The zero-order valence-electron chi connectivity index (χ0n) is 15.1. The number of esters is 1. The van der Waals surface area contributed by atoms with Gasteiger partial charge in [-0.25, -0.2) is 15.0 Å². The van der Waals surface area contributed by atoms with Crippen molar-refractivity contribution in [2.75, 3.05) is 30.4 Å². The molecule has 10 heteroatoms. The van der Waals surface area contributed by atoms with Crippen molar-refractivity contribution in [1.29, 1.82) is 0 Å². The fourth-order valence-electron chi connectivity index (χ4n) is 3.09. The highest BCUT2D eigenvalue weighted by molar-refractivity contribution is 5.75. The van der Waals surface area contributed by atoms with Gasteiger partial charge in [-0.05, 0) is 31.9 Å². The minimum Gasteiger partial charge on any atom is -0.469 e. The average molecular weight is 372 g/mol. The molecule has 1 aliphatic rings. The molecule has 0 aromatic carbocycles. The molecule has 0 aliphatic carbocycles. The van der Waals surface area contributed by atoms with E-state index in [0.29, 0.717) is 31.7 Å². The number of carbonyl (C=O) groups excluding carboxylic acids is 1. The lowest BCUT2D eigenvalue weighted by molar-refractivity contribution is -0.383. The van der Waals surface area contributed by atoms with Gasteiger partial charge in [-0.15, -0.1) is 0 Å². The van der Waals surface area contributed by atoms with Crippen molar-refractivity contribution in [1.82, 2.24) is 15.0 Å². The van der Waals surface area contributed by atoms with Gasteiger partial charge in [-0.1, -0.05) is 6.07 Å². The zero-order chi connectivity index (χ0) is 19.4. The van der Waals surface area contributed by atoms with Crippen LogP contribution in [0.2, 0.25) is 0 Å². The number of hydrogen-bond donors (Lipinski definition) is 1. The molecule has 2 aromatic rings. The molecule has 1 N–H and O–H groups in total. The molecule has 2 aromatic heterocycles. The van der Waals surface area contributed by atoms with Crippen LogP contribution in [0.5, 0.6) is 0 Å². The molecule has 27 heavy (non-hydrogen) atoms. The topological polar surface area (TPSA) is 123 Å². The van der Waals surface area contributed by atoms with E-state index in [1.54, 1.807) is 17.0 Å². The van der Waals surface area contributed by atoms with E-state index < -0.39 is 4.92 Å². The van der Waals surface area contributed by atoms with Crippen LogP contribution in [0.25, 0.3) is 0 Å². The monoisotopic (exact) mass is 372 g/mol. The summed E-state index contributed by atoms with van der Waals surface area (Å²) in [6, 6.07) is 5.34. The van der Waals surface area contributed by atoms with Crippen molar-refractivity contribution >= 4 is 29.1 Å². The summed E-state index contributed by atoms with van der Waals surface area (Å²) in [5.74, 6) is 0.333. The van der Waals surface area contributed by atoms with Crippen LogP contribution in [0, 0.1) is 23.0 Å². The summed E-state index contributed by atoms with van der Waals surface area (Å²) in [5, 5.41) is 14.6. The maximum atomic E-state index is 11.7. The van der Waals surface area contributed by atoms with E-state index in [2.05, 4.69) is 20.3 Å². The molecule has 1 fully saturated rings. The van der Waals surface area contributed by atoms with E-state index in [4.69, 9.17) is 4.74 Å². The van der Waals surface area contributed by atoms with Gasteiger partial charge in [0.1, 0.15) is 12.1 Å². The predicted molar refractivity (Wildman–Crippen MR) is 97.9 cm³/mol. The van der Waals surface area contributed by atoms with Crippen molar-refractivity contribution < 1.29 is 14.5 Å². The Morgan fingerprint density at radius 2 is 2.07 bits per heavy atom. The molecule has 1 saturated heterocycles. The SMILES string of the molecule is COC(=O)C1CCN(c2ncnc(Nc3cccc(C)n3)c2[N+](=O)[O-])CC1. The van der Waals surface area contributed by atoms with Gasteiger partial charge in [-0.2, -0.15) is 0 Å². The Kier molecular flexibility index (Phi) is 5.43. The number of methoxy groups -OCH3 is 1. The number of anilines is 3. The standard InChI is InChI=1S/C17H20N6O4/c1-11-4-3-5-13(20-11)21-15-14(23(25)26)16(19-10-18-15)22-8-6-12(7-9-22)17(24)27-2/h3-5,10,12H,6-9H2,1-2H3,(H,18,19,20,21). The molecule has 0 bridgehead atoms. The maximum Gasteiger partial charge on any atom is 0.353 e. The first-order chi connectivity index (χ1) is 13.0. The van der Waals surface area contributed by atoms with E-state index in [9.17, 15) is 14.9 Å². The largest absolute Gasteiger partial charge is 0.469 e. The third kappa shape index (κ3) is 4.10. The van der Waals surface area contributed by atoms with Crippen LogP contribution in [0.15, 0.2) is 24.5 Å². The van der Waals surface area contributed by atoms with Crippen LogP contribution in [0.4, 0.5) is 23.1 Å². The molecule has 0 radical (unpaired) electrons. The highest BCUT2D eigenvalue weighted by Gasteiger charge is 2.32. The van der Waals surface area contributed by atoms with Gasteiger partial charge < -0.3 is 15.0 Å². The number of rotatable bonds is 5. The molecule has 0 saturated carbocycles. The Morgan fingerprint density at radius 3 is 2.70 bits per heavy atom. The molecule has 0 unspecified atom stereocenters. The fourth-order valence-corrected chi connectivity index (χ4v) is 3.09. The van der Waals surface area contributed by atoms with Crippen LogP contribution in [-0.2, 0) is 9.53 Å². The molecule has 142 valence electrons. The van der Waals surface area contributed by atoms with E-state index >= 15 is 0 Å². The first-order valence-corrected chi connectivity index (χ1v) is 8.52. The summed E-state index contributed by atoms with van der Waals surface area (Å²) in [7, 11) is 1.36. The minimum absolute atomic E-state index is 0.0817.